The van der Waals surface area contributed by atoms with Crippen LogP contribution in [0.2, 0.25) is 0 Å². The molecule has 0 saturated heterocycles. The second-order valence-electron chi connectivity index (χ2n) is 9.56. The molecule has 1 atom stereocenters. The lowest BCUT2D eigenvalue weighted by Crippen LogP contribution is -2.53. The monoisotopic (exact) mass is 485 g/mol. The molecular weight excluding hydrogens is 458 g/mol. The predicted octanol–water partition coefficient (Wildman–Crippen LogP) is 3.11. The summed E-state index contributed by atoms with van der Waals surface area (Å²) in [4.78, 5) is 30.5. The maximum Gasteiger partial charge on any atom is 0.273 e. The third kappa shape index (κ3) is 5.41. The number of benzene rings is 2. The van der Waals surface area contributed by atoms with Crippen LogP contribution < -0.4 is 10.6 Å². The maximum atomic E-state index is 13.4. The molecule has 0 radical (unpaired) electrons. The van der Waals surface area contributed by atoms with E-state index in [9.17, 15) is 9.59 Å². The molecule has 2 N–H and O–H groups in total. The van der Waals surface area contributed by atoms with Crippen molar-refractivity contribution in [2.24, 2.45) is 5.41 Å². The third-order valence-corrected chi connectivity index (χ3v) is 5.68. The first kappa shape index (κ1) is 24.6. The first-order chi connectivity index (χ1) is 17.2. The Balaban J connectivity index is 1.56. The first-order valence-corrected chi connectivity index (χ1v) is 11.5. The van der Waals surface area contributed by atoms with E-state index in [0.717, 1.165) is 11.1 Å². The van der Waals surface area contributed by atoms with Crippen molar-refractivity contribution in [3.05, 3.63) is 77.1 Å². The highest BCUT2D eigenvalue weighted by atomic mass is 16.5. The lowest BCUT2D eigenvalue weighted by atomic mass is 9.86. The van der Waals surface area contributed by atoms with Crippen molar-refractivity contribution in [2.75, 3.05) is 0 Å². The smallest absolute Gasteiger partial charge is 0.273 e. The molecule has 10 nitrogen and oxygen atoms in total. The zero-order valence-corrected chi connectivity index (χ0v) is 20.6. The molecule has 2 heterocycles. The van der Waals surface area contributed by atoms with Crippen LogP contribution in [0.15, 0.2) is 53.1 Å². The molecule has 10 heteroatoms. The fourth-order valence-electron chi connectivity index (χ4n) is 3.82. The van der Waals surface area contributed by atoms with E-state index in [1.807, 2.05) is 57.2 Å². The molecular formula is C26H27N7O3. The van der Waals surface area contributed by atoms with Crippen LogP contribution >= 0.6 is 0 Å². The quantitative estimate of drug-likeness (QED) is 0.410. The van der Waals surface area contributed by atoms with Gasteiger partial charge in [-0.15, -0.1) is 0 Å². The number of para-hydroxylation sites is 1. The van der Waals surface area contributed by atoms with Crippen LogP contribution in [0.5, 0.6) is 0 Å². The summed E-state index contributed by atoms with van der Waals surface area (Å²) in [5.41, 5.74) is 1.96. The number of aromatic nitrogens is 4. The molecule has 0 saturated carbocycles. The Hall–Kier alpha value is -4.52. The zero-order valence-electron chi connectivity index (χ0n) is 20.6. The van der Waals surface area contributed by atoms with Crippen molar-refractivity contribution in [1.29, 1.82) is 5.26 Å². The molecule has 0 fully saturated rings. The van der Waals surface area contributed by atoms with Crippen molar-refractivity contribution < 1.29 is 14.1 Å². The molecule has 184 valence electrons. The molecule has 2 amide bonds. The average molecular weight is 486 g/mol. The van der Waals surface area contributed by atoms with Gasteiger partial charge in [-0.05, 0) is 36.1 Å². The van der Waals surface area contributed by atoms with Crippen molar-refractivity contribution in [3.8, 4) is 6.07 Å². The van der Waals surface area contributed by atoms with Crippen LogP contribution in [0.3, 0.4) is 0 Å². The lowest BCUT2D eigenvalue weighted by molar-refractivity contribution is -0.125. The van der Waals surface area contributed by atoms with Crippen molar-refractivity contribution >= 4 is 22.7 Å². The van der Waals surface area contributed by atoms with Crippen LogP contribution in [-0.2, 0) is 17.9 Å². The fourth-order valence-corrected chi connectivity index (χ4v) is 3.82. The maximum absolute atomic E-state index is 13.4. The molecule has 0 aliphatic carbocycles. The number of carbonyl (C=O) groups excluding carboxylic acids is 2. The highest BCUT2D eigenvalue weighted by Gasteiger charge is 2.34. The second kappa shape index (κ2) is 10.00. The van der Waals surface area contributed by atoms with E-state index in [0.29, 0.717) is 23.3 Å². The van der Waals surface area contributed by atoms with Gasteiger partial charge in [0.05, 0.1) is 30.2 Å². The largest absolute Gasteiger partial charge is 0.345 e. The van der Waals surface area contributed by atoms with Crippen LogP contribution in [-0.4, -0.2) is 37.8 Å². The molecule has 36 heavy (non-hydrogen) atoms. The number of hydrogen-bond donors (Lipinski definition) is 2. The molecule has 0 aliphatic heterocycles. The van der Waals surface area contributed by atoms with Crippen molar-refractivity contribution in [1.82, 2.24) is 30.6 Å². The number of nitriles is 1. The third-order valence-electron chi connectivity index (χ3n) is 5.68. The molecule has 4 rings (SSSR count). The molecule has 0 bridgehead atoms. The Morgan fingerprint density at radius 3 is 2.50 bits per heavy atom. The number of nitrogens with one attached hydrogen (secondary N) is 2. The van der Waals surface area contributed by atoms with Gasteiger partial charge in [-0.2, -0.15) is 15.3 Å². The van der Waals surface area contributed by atoms with Gasteiger partial charge in [-0.1, -0.05) is 56.3 Å². The molecule has 0 spiro atoms. The van der Waals surface area contributed by atoms with Crippen molar-refractivity contribution in [2.45, 2.75) is 46.8 Å². The number of carbonyl (C=O) groups is 2. The molecule has 1 unspecified atom stereocenters. The summed E-state index contributed by atoms with van der Waals surface area (Å²) in [6.07, 6.45) is 0. The van der Waals surface area contributed by atoms with E-state index in [-0.39, 0.29) is 24.0 Å². The lowest BCUT2D eigenvalue weighted by Gasteiger charge is -2.30. The van der Waals surface area contributed by atoms with Gasteiger partial charge in [0.25, 0.3) is 5.91 Å². The van der Waals surface area contributed by atoms with Gasteiger partial charge in [-0.3, -0.25) is 14.3 Å². The summed E-state index contributed by atoms with van der Waals surface area (Å²) in [5.74, 6) is -0.0581. The highest BCUT2D eigenvalue weighted by Crippen LogP contribution is 2.23. The molecule has 2 aromatic carbocycles. The predicted molar refractivity (Wildman–Crippen MR) is 132 cm³/mol. The number of fused-ring (bicyclic) bond motifs is 1. The Morgan fingerprint density at radius 1 is 1.14 bits per heavy atom. The van der Waals surface area contributed by atoms with Gasteiger partial charge in [0.1, 0.15) is 6.04 Å². The van der Waals surface area contributed by atoms with Gasteiger partial charge in [0.15, 0.2) is 11.5 Å². The summed E-state index contributed by atoms with van der Waals surface area (Å²) in [6, 6.07) is 15.9. The number of aryl methyl sites for hydroxylation is 1. The van der Waals surface area contributed by atoms with E-state index >= 15 is 0 Å². The molecule has 4 aromatic rings. The zero-order chi connectivity index (χ0) is 25.9. The minimum Gasteiger partial charge on any atom is -0.345 e. The van der Waals surface area contributed by atoms with Crippen LogP contribution in [0.1, 0.15) is 54.1 Å². The van der Waals surface area contributed by atoms with E-state index in [1.165, 1.54) is 0 Å². The number of rotatable bonds is 7. The Bertz CT molecular complexity index is 1440. The van der Waals surface area contributed by atoms with Crippen LogP contribution in [0.4, 0.5) is 0 Å². The van der Waals surface area contributed by atoms with Gasteiger partial charge in [0, 0.05) is 5.39 Å². The minimum atomic E-state index is -0.837. The van der Waals surface area contributed by atoms with E-state index in [1.54, 1.807) is 23.7 Å². The van der Waals surface area contributed by atoms with Crippen LogP contribution in [0.25, 0.3) is 10.9 Å². The first-order valence-electron chi connectivity index (χ1n) is 11.5. The van der Waals surface area contributed by atoms with Crippen LogP contribution in [0, 0.1) is 23.7 Å². The minimum absolute atomic E-state index is 0.0598. The van der Waals surface area contributed by atoms with Gasteiger partial charge < -0.3 is 15.2 Å². The van der Waals surface area contributed by atoms with E-state index < -0.39 is 17.4 Å². The Labute approximate surface area is 208 Å². The second-order valence-corrected chi connectivity index (χ2v) is 9.56. The van der Waals surface area contributed by atoms with E-state index in [2.05, 4.69) is 31.9 Å². The van der Waals surface area contributed by atoms with Gasteiger partial charge in [0.2, 0.25) is 11.8 Å². The number of nitrogens with zero attached hydrogens (tertiary/aromatic N) is 5. The summed E-state index contributed by atoms with van der Waals surface area (Å²) in [6.45, 7) is 7.79. The molecule has 0 aliphatic rings. The number of amides is 2. The van der Waals surface area contributed by atoms with Gasteiger partial charge >= 0.3 is 0 Å². The topological polar surface area (TPSA) is 139 Å². The Kier molecular flexibility index (Phi) is 6.83. The summed E-state index contributed by atoms with van der Waals surface area (Å²) in [5, 5.41) is 23.7. The number of hydrogen-bond acceptors (Lipinski definition) is 7. The summed E-state index contributed by atoms with van der Waals surface area (Å²) >= 11 is 0. The molecule has 2 aromatic heterocycles. The normalized spacial score (nSPS) is 12.2. The van der Waals surface area contributed by atoms with E-state index in [4.69, 9.17) is 9.78 Å². The Morgan fingerprint density at radius 2 is 1.86 bits per heavy atom. The SMILES string of the molecule is Cc1noc(CNC(=O)C(NC(=O)c2nn(Cc3ccc(C#N)cc3)c3ccccc23)C(C)(C)C)n1. The van der Waals surface area contributed by atoms with Gasteiger partial charge in [-0.25, -0.2) is 0 Å². The summed E-state index contributed by atoms with van der Waals surface area (Å²) in [7, 11) is 0. The summed E-state index contributed by atoms with van der Waals surface area (Å²) < 4.78 is 6.80. The standard InChI is InChI=1S/C26H27N7O3/c1-16-29-21(36-32-16)14-28-25(35)23(26(2,3)4)30-24(34)22-19-7-5-6-8-20(19)33(31-22)15-18-11-9-17(13-27)10-12-18/h5-12,23H,14-15H2,1-4H3,(H,28,35)(H,30,34). The van der Waals surface area contributed by atoms with Crippen molar-refractivity contribution in [3.63, 3.8) is 0 Å². The fraction of sp³-hybridized carbons (Fsp3) is 0.308. The average Bonchev–Trinajstić information content (AvgIpc) is 3.44. The highest BCUT2D eigenvalue weighted by molar-refractivity contribution is 6.06.